The van der Waals surface area contributed by atoms with E-state index in [1.165, 1.54) is 12.4 Å². The number of hydrogen-bond acceptors (Lipinski definition) is 6. The summed E-state index contributed by atoms with van der Waals surface area (Å²) in [5.41, 5.74) is 0.891. The lowest BCUT2D eigenvalue weighted by atomic mass is 10.1. The van der Waals surface area contributed by atoms with Crippen molar-refractivity contribution in [3.63, 3.8) is 0 Å². The van der Waals surface area contributed by atoms with E-state index in [0.29, 0.717) is 30.8 Å². The molecule has 0 unspecified atom stereocenters. The molecule has 1 aromatic heterocycles. The third-order valence-corrected chi connectivity index (χ3v) is 4.86. The van der Waals surface area contributed by atoms with E-state index in [4.69, 9.17) is 4.74 Å². The maximum atomic E-state index is 12.6. The Morgan fingerprint density at radius 2 is 1.77 bits per heavy atom. The van der Waals surface area contributed by atoms with Crippen molar-refractivity contribution in [1.29, 1.82) is 0 Å². The monoisotopic (exact) mass is 361 g/mol. The Hall–Kier alpha value is -2.03. The Morgan fingerprint density at radius 3 is 2.50 bits per heavy atom. The summed E-state index contributed by atoms with van der Waals surface area (Å²) in [6, 6.07) is 1.64. The molecule has 1 aromatic rings. The van der Waals surface area contributed by atoms with Gasteiger partial charge < -0.3 is 19.9 Å². The number of morpholine rings is 1. The Kier molecular flexibility index (Phi) is 6.54. The number of likely N-dealkylation sites (N-methyl/N-ethyl adjacent to an activating group) is 1. The second kappa shape index (κ2) is 9.07. The number of piperazine rings is 1. The third kappa shape index (κ3) is 5.00. The summed E-state index contributed by atoms with van der Waals surface area (Å²) < 4.78 is 5.31. The van der Waals surface area contributed by atoms with E-state index >= 15 is 0 Å². The minimum absolute atomic E-state index is 0.0615. The highest BCUT2D eigenvalue weighted by molar-refractivity contribution is 5.99. The van der Waals surface area contributed by atoms with Gasteiger partial charge in [0.25, 0.3) is 11.8 Å². The highest BCUT2D eigenvalue weighted by Gasteiger charge is 2.21. The van der Waals surface area contributed by atoms with Gasteiger partial charge >= 0.3 is 0 Å². The van der Waals surface area contributed by atoms with Crippen LogP contribution >= 0.6 is 0 Å². The SMILES string of the molecule is CN1CCN(C(=O)c2cncc(C(=O)NCCN3CCOCC3)c2)CC1. The first-order chi connectivity index (χ1) is 12.6. The molecule has 142 valence electrons. The van der Waals surface area contributed by atoms with Gasteiger partial charge in [-0.2, -0.15) is 0 Å². The van der Waals surface area contributed by atoms with E-state index < -0.39 is 0 Å². The number of amides is 2. The van der Waals surface area contributed by atoms with Crippen molar-refractivity contribution in [1.82, 2.24) is 25.0 Å². The van der Waals surface area contributed by atoms with Crippen LogP contribution in [-0.4, -0.2) is 104 Å². The van der Waals surface area contributed by atoms with Crippen LogP contribution in [0.25, 0.3) is 0 Å². The molecular formula is C18H27N5O3. The molecule has 0 spiro atoms. The Balaban J connectivity index is 1.52. The highest BCUT2D eigenvalue weighted by Crippen LogP contribution is 2.09. The van der Waals surface area contributed by atoms with Crippen LogP contribution in [0.1, 0.15) is 20.7 Å². The van der Waals surface area contributed by atoms with Crippen molar-refractivity contribution >= 4 is 11.8 Å². The lowest BCUT2D eigenvalue weighted by molar-refractivity contribution is 0.0383. The number of nitrogens with zero attached hydrogens (tertiary/aromatic N) is 4. The largest absolute Gasteiger partial charge is 0.379 e. The van der Waals surface area contributed by atoms with Crippen molar-refractivity contribution in [2.24, 2.45) is 0 Å². The molecule has 3 rings (SSSR count). The maximum Gasteiger partial charge on any atom is 0.255 e. The zero-order chi connectivity index (χ0) is 18.4. The first kappa shape index (κ1) is 18.8. The van der Waals surface area contributed by atoms with E-state index in [1.807, 2.05) is 11.9 Å². The van der Waals surface area contributed by atoms with E-state index in [0.717, 1.165) is 45.9 Å². The van der Waals surface area contributed by atoms with Crippen molar-refractivity contribution in [3.8, 4) is 0 Å². The van der Waals surface area contributed by atoms with Gasteiger partial charge in [0.15, 0.2) is 0 Å². The Labute approximate surface area is 154 Å². The fourth-order valence-electron chi connectivity index (χ4n) is 3.13. The quantitative estimate of drug-likeness (QED) is 0.764. The molecule has 0 aromatic carbocycles. The van der Waals surface area contributed by atoms with Gasteiger partial charge in [0.1, 0.15) is 0 Å². The van der Waals surface area contributed by atoms with Crippen molar-refractivity contribution < 1.29 is 14.3 Å². The van der Waals surface area contributed by atoms with Gasteiger partial charge in [-0.15, -0.1) is 0 Å². The molecule has 1 N–H and O–H groups in total. The zero-order valence-electron chi connectivity index (χ0n) is 15.3. The molecule has 2 amide bonds. The lowest BCUT2D eigenvalue weighted by Crippen LogP contribution is -2.47. The molecule has 0 bridgehead atoms. The van der Waals surface area contributed by atoms with E-state index in [9.17, 15) is 9.59 Å². The molecule has 2 aliphatic heterocycles. The van der Waals surface area contributed by atoms with Crippen LogP contribution < -0.4 is 5.32 Å². The van der Waals surface area contributed by atoms with E-state index in [2.05, 4.69) is 20.1 Å². The van der Waals surface area contributed by atoms with Gasteiger partial charge in [-0.25, -0.2) is 0 Å². The minimum atomic E-state index is -0.196. The molecule has 3 heterocycles. The number of hydrogen-bond donors (Lipinski definition) is 1. The molecule has 26 heavy (non-hydrogen) atoms. The first-order valence-corrected chi connectivity index (χ1v) is 9.14. The van der Waals surface area contributed by atoms with Crippen LogP contribution in [0.5, 0.6) is 0 Å². The van der Waals surface area contributed by atoms with Crippen LogP contribution in [0.2, 0.25) is 0 Å². The maximum absolute atomic E-state index is 12.6. The molecule has 0 aliphatic carbocycles. The average Bonchev–Trinajstić information content (AvgIpc) is 2.69. The lowest BCUT2D eigenvalue weighted by Gasteiger charge is -2.32. The molecule has 0 saturated carbocycles. The Bertz CT molecular complexity index is 625. The summed E-state index contributed by atoms with van der Waals surface area (Å²) in [7, 11) is 2.05. The second-order valence-electron chi connectivity index (χ2n) is 6.77. The molecule has 8 nitrogen and oxygen atoms in total. The van der Waals surface area contributed by atoms with Gasteiger partial charge in [0.2, 0.25) is 0 Å². The zero-order valence-corrected chi connectivity index (χ0v) is 15.3. The minimum Gasteiger partial charge on any atom is -0.379 e. The second-order valence-corrected chi connectivity index (χ2v) is 6.77. The van der Waals surface area contributed by atoms with Crippen LogP contribution in [0.3, 0.4) is 0 Å². The van der Waals surface area contributed by atoms with Gasteiger partial charge in [0.05, 0.1) is 24.3 Å². The smallest absolute Gasteiger partial charge is 0.255 e. The topological polar surface area (TPSA) is 78.0 Å². The summed E-state index contributed by atoms with van der Waals surface area (Å²) >= 11 is 0. The van der Waals surface area contributed by atoms with Gasteiger partial charge in [-0.05, 0) is 13.1 Å². The summed E-state index contributed by atoms with van der Waals surface area (Å²) in [5.74, 6) is -0.257. The molecule has 0 atom stereocenters. The fraction of sp³-hybridized carbons (Fsp3) is 0.611. The normalized spacial score (nSPS) is 19.3. The van der Waals surface area contributed by atoms with Gasteiger partial charge in [-0.3, -0.25) is 19.5 Å². The summed E-state index contributed by atoms with van der Waals surface area (Å²) in [6.45, 7) is 7.76. The van der Waals surface area contributed by atoms with E-state index in [1.54, 1.807) is 6.07 Å². The fourth-order valence-corrected chi connectivity index (χ4v) is 3.13. The highest BCUT2D eigenvalue weighted by atomic mass is 16.5. The van der Waals surface area contributed by atoms with Crippen LogP contribution in [-0.2, 0) is 4.74 Å². The number of pyridine rings is 1. The number of ether oxygens (including phenoxy) is 1. The molecular weight excluding hydrogens is 334 g/mol. The van der Waals surface area contributed by atoms with Crippen LogP contribution in [0, 0.1) is 0 Å². The predicted molar refractivity (Wildman–Crippen MR) is 97.2 cm³/mol. The van der Waals surface area contributed by atoms with Gasteiger partial charge in [-0.1, -0.05) is 0 Å². The number of carbonyl (C=O) groups excluding carboxylic acids is 2. The van der Waals surface area contributed by atoms with Crippen molar-refractivity contribution in [2.45, 2.75) is 0 Å². The van der Waals surface area contributed by atoms with E-state index in [-0.39, 0.29) is 11.8 Å². The molecule has 2 aliphatic rings. The van der Waals surface area contributed by atoms with Crippen molar-refractivity contribution in [2.75, 3.05) is 72.6 Å². The molecule has 2 saturated heterocycles. The number of rotatable bonds is 5. The number of aromatic nitrogens is 1. The Morgan fingerprint density at radius 1 is 1.08 bits per heavy atom. The standard InChI is InChI=1S/C18H27N5O3/c1-21-4-6-23(7-5-21)18(25)16-12-15(13-19-14-16)17(24)20-2-3-22-8-10-26-11-9-22/h12-14H,2-11H2,1H3,(H,20,24). The molecule has 0 radical (unpaired) electrons. The summed E-state index contributed by atoms with van der Waals surface area (Å²) in [5, 5.41) is 2.90. The number of nitrogens with one attached hydrogen (secondary N) is 1. The summed E-state index contributed by atoms with van der Waals surface area (Å²) in [6.07, 6.45) is 3.04. The predicted octanol–water partition coefficient (Wildman–Crippen LogP) is -0.469. The first-order valence-electron chi connectivity index (χ1n) is 9.14. The average molecular weight is 361 g/mol. The third-order valence-electron chi connectivity index (χ3n) is 4.86. The van der Waals surface area contributed by atoms with Crippen molar-refractivity contribution in [3.05, 3.63) is 29.6 Å². The van der Waals surface area contributed by atoms with Crippen LogP contribution in [0.15, 0.2) is 18.5 Å². The summed E-state index contributed by atoms with van der Waals surface area (Å²) in [4.78, 5) is 35.3. The van der Waals surface area contributed by atoms with Crippen LogP contribution in [0.4, 0.5) is 0 Å². The van der Waals surface area contributed by atoms with Gasteiger partial charge in [0, 0.05) is 64.8 Å². The number of carbonyl (C=O) groups is 2. The molecule has 8 heteroatoms. The molecule has 2 fully saturated rings.